The lowest BCUT2D eigenvalue weighted by Crippen LogP contribution is -1.94. The van der Waals surface area contributed by atoms with Crippen LogP contribution in [0.15, 0.2) is 12.6 Å². The maximum atomic E-state index is 7.37. The van der Waals surface area contributed by atoms with Gasteiger partial charge in [0.1, 0.15) is 13.2 Å². The number of nitrogens with zero attached hydrogens (tertiary/aromatic N) is 4. The molecule has 0 unspecified atom stereocenters. The molecule has 2 aromatic rings. The van der Waals surface area contributed by atoms with E-state index in [-0.39, 0.29) is 6.30 Å². The zero-order chi connectivity index (χ0) is 8.72. The fourth-order valence-corrected chi connectivity index (χ4v) is 0.908. The normalized spacial score (nSPS) is 11.9. The average molecular weight is 150 g/mol. The van der Waals surface area contributed by atoms with Crippen LogP contribution in [0.4, 0.5) is 5.82 Å². The first kappa shape index (κ1) is 5.06. The van der Waals surface area contributed by atoms with Gasteiger partial charge in [0.05, 0.1) is 6.30 Å². The van der Waals surface area contributed by atoms with Gasteiger partial charge in [-0.3, -0.25) is 0 Å². The molecule has 2 aromatic heterocycles. The van der Waals surface area contributed by atoms with E-state index in [1.807, 2.05) is 0 Å². The Balaban J connectivity index is 2.95. The molecule has 0 fully saturated rings. The Labute approximate surface area is 64.3 Å². The molecule has 0 atom stereocenters. The predicted octanol–water partition coefficient (Wildman–Crippen LogP) is -0.0545. The van der Waals surface area contributed by atoms with Crippen LogP contribution in [-0.4, -0.2) is 19.5 Å². The molecule has 0 aliphatic carbocycles. The summed E-state index contributed by atoms with van der Waals surface area (Å²) in [6, 6.07) is 0. The summed E-state index contributed by atoms with van der Waals surface area (Å²) in [7, 11) is 1.71. The lowest BCUT2D eigenvalue weighted by atomic mass is 10.5. The summed E-state index contributed by atoms with van der Waals surface area (Å²) in [5, 5.41) is 0. The Morgan fingerprint density at radius 1 is 1.55 bits per heavy atom. The predicted molar refractivity (Wildman–Crippen MR) is 40.7 cm³/mol. The SMILES string of the molecule is [2H]c1nc2c(N)ncnc2n1C. The molecule has 0 saturated carbocycles. The number of hydrogen-bond acceptors (Lipinski definition) is 4. The Bertz CT molecular complexity index is 435. The molecule has 2 heterocycles. The first-order chi connectivity index (χ1) is 5.70. The third kappa shape index (κ3) is 0.739. The largest absolute Gasteiger partial charge is 0.382 e. The molecule has 2 N–H and O–H groups in total. The minimum Gasteiger partial charge on any atom is -0.382 e. The Morgan fingerprint density at radius 2 is 2.36 bits per heavy atom. The fourth-order valence-electron chi connectivity index (χ4n) is 0.908. The molecule has 0 amide bonds. The van der Waals surface area contributed by atoms with Crippen LogP contribution in [0, 0.1) is 0 Å². The first-order valence-electron chi connectivity index (χ1n) is 3.59. The van der Waals surface area contributed by atoms with Crippen molar-refractivity contribution in [2.24, 2.45) is 7.05 Å². The van der Waals surface area contributed by atoms with Crippen molar-refractivity contribution in [3.05, 3.63) is 12.6 Å². The topological polar surface area (TPSA) is 69.6 Å². The smallest absolute Gasteiger partial charge is 0.165 e. The second-order valence-corrected chi connectivity index (χ2v) is 2.20. The van der Waals surface area contributed by atoms with Crippen LogP contribution in [0.3, 0.4) is 0 Å². The van der Waals surface area contributed by atoms with Gasteiger partial charge in [-0.15, -0.1) is 0 Å². The Morgan fingerprint density at radius 3 is 3.09 bits per heavy atom. The number of aryl methyl sites for hydroxylation is 1. The molecule has 0 spiro atoms. The monoisotopic (exact) mass is 150 g/mol. The molecule has 5 nitrogen and oxygen atoms in total. The molecule has 0 radical (unpaired) electrons. The number of aromatic nitrogens is 4. The van der Waals surface area contributed by atoms with Crippen LogP contribution in [0.25, 0.3) is 11.2 Å². The minimum atomic E-state index is 0.136. The number of nitrogens with two attached hydrogens (primary N) is 1. The quantitative estimate of drug-likeness (QED) is 0.571. The Hall–Kier alpha value is -1.65. The van der Waals surface area contributed by atoms with Crippen molar-refractivity contribution >= 4 is 17.0 Å². The van der Waals surface area contributed by atoms with Crippen LogP contribution in [0.2, 0.25) is 0 Å². The summed E-state index contributed by atoms with van der Waals surface area (Å²) in [4.78, 5) is 11.6. The lowest BCUT2D eigenvalue weighted by molar-refractivity contribution is 0.928. The molecule has 5 heteroatoms. The maximum Gasteiger partial charge on any atom is 0.165 e. The van der Waals surface area contributed by atoms with Gasteiger partial charge in [-0.05, 0) is 0 Å². The van der Waals surface area contributed by atoms with E-state index in [1.54, 1.807) is 11.6 Å². The van der Waals surface area contributed by atoms with E-state index in [2.05, 4.69) is 15.0 Å². The summed E-state index contributed by atoms with van der Waals surface area (Å²) < 4.78 is 8.92. The maximum absolute atomic E-state index is 7.37. The number of fused-ring (bicyclic) bond motifs is 1. The van der Waals surface area contributed by atoms with Gasteiger partial charge in [0.15, 0.2) is 11.5 Å². The number of imidazole rings is 1. The van der Waals surface area contributed by atoms with Crippen LogP contribution in [-0.2, 0) is 7.05 Å². The summed E-state index contributed by atoms with van der Waals surface area (Å²) in [5.41, 5.74) is 6.61. The van der Waals surface area contributed by atoms with Gasteiger partial charge < -0.3 is 10.3 Å². The number of hydrogen-bond donors (Lipinski definition) is 1. The van der Waals surface area contributed by atoms with E-state index in [1.165, 1.54) is 6.33 Å². The highest BCUT2D eigenvalue weighted by atomic mass is 15.1. The van der Waals surface area contributed by atoms with E-state index < -0.39 is 0 Å². The lowest BCUT2D eigenvalue weighted by Gasteiger charge is -1.92. The molecular weight excluding hydrogens is 142 g/mol. The van der Waals surface area contributed by atoms with Gasteiger partial charge in [-0.2, -0.15) is 0 Å². The van der Waals surface area contributed by atoms with Gasteiger partial charge in [0.2, 0.25) is 0 Å². The van der Waals surface area contributed by atoms with E-state index in [0.717, 1.165) is 0 Å². The first-order valence-corrected chi connectivity index (χ1v) is 3.09. The Kier molecular flexibility index (Phi) is 0.881. The van der Waals surface area contributed by atoms with Gasteiger partial charge >= 0.3 is 0 Å². The van der Waals surface area contributed by atoms with Gasteiger partial charge in [-0.1, -0.05) is 0 Å². The second-order valence-electron chi connectivity index (χ2n) is 2.20. The van der Waals surface area contributed by atoms with Crippen LogP contribution in [0.5, 0.6) is 0 Å². The molecule has 0 aliphatic heterocycles. The summed E-state index contributed by atoms with van der Waals surface area (Å²) in [6.45, 7) is 0. The number of nitrogen functional groups attached to an aromatic ring is 1. The molecule has 2 rings (SSSR count). The van der Waals surface area contributed by atoms with Crippen LogP contribution < -0.4 is 5.73 Å². The van der Waals surface area contributed by atoms with Crippen LogP contribution in [0.1, 0.15) is 1.37 Å². The van der Waals surface area contributed by atoms with Crippen molar-refractivity contribution in [3.8, 4) is 0 Å². The summed E-state index contributed by atoms with van der Waals surface area (Å²) in [5.74, 6) is 0.314. The van der Waals surface area contributed by atoms with E-state index in [4.69, 9.17) is 7.10 Å². The van der Waals surface area contributed by atoms with Crippen molar-refractivity contribution < 1.29 is 1.37 Å². The molecule has 0 saturated heterocycles. The van der Waals surface area contributed by atoms with Crippen molar-refractivity contribution in [2.45, 2.75) is 0 Å². The third-order valence-corrected chi connectivity index (χ3v) is 1.46. The minimum absolute atomic E-state index is 0.136. The summed E-state index contributed by atoms with van der Waals surface area (Å²) in [6.07, 6.45) is 1.50. The van der Waals surface area contributed by atoms with Crippen molar-refractivity contribution in [1.82, 2.24) is 19.5 Å². The fraction of sp³-hybridized carbons (Fsp3) is 0.167. The molecule has 56 valence electrons. The van der Waals surface area contributed by atoms with Gasteiger partial charge in [0, 0.05) is 7.05 Å². The molecule has 0 aromatic carbocycles. The number of anilines is 1. The standard InChI is InChI=1S/C6H7N5/c1-11-3-10-4-5(7)8-2-9-6(4)11/h2-3H,1H3,(H2,7,8,9)/i3D. The average Bonchev–Trinajstić information content (AvgIpc) is 2.32. The highest BCUT2D eigenvalue weighted by Gasteiger charge is 2.03. The van der Waals surface area contributed by atoms with Crippen molar-refractivity contribution in [1.29, 1.82) is 0 Å². The van der Waals surface area contributed by atoms with Gasteiger partial charge in [0.25, 0.3) is 0 Å². The number of rotatable bonds is 0. The zero-order valence-electron chi connectivity index (χ0n) is 6.94. The van der Waals surface area contributed by atoms with Crippen LogP contribution >= 0.6 is 0 Å². The molecule has 0 bridgehead atoms. The molecule has 0 aliphatic rings. The van der Waals surface area contributed by atoms with E-state index >= 15 is 0 Å². The molecular formula is C6H7N5. The van der Waals surface area contributed by atoms with Gasteiger partial charge in [-0.25, -0.2) is 15.0 Å². The van der Waals surface area contributed by atoms with E-state index in [0.29, 0.717) is 17.0 Å². The molecule has 11 heavy (non-hydrogen) atoms. The van der Waals surface area contributed by atoms with Crippen molar-refractivity contribution in [2.75, 3.05) is 5.73 Å². The van der Waals surface area contributed by atoms with Crippen molar-refractivity contribution in [3.63, 3.8) is 0 Å². The third-order valence-electron chi connectivity index (χ3n) is 1.46. The highest BCUT2D eigenvalue weighted by Crippen LogP contribution is 2.11. The second kappa shape index (κ2) is 1.91. The van der Waals surface area contributed by atoms with E-state index in [9.17, 15) is 0 Å². The highest BCUT2D eigenvalue weighted by molar-refractivity contribution is 5.80. The zero-order valence-corrected chi connectivity index (χ0v) is 5.94. The summed E-state index contributed by atoms with van der Waals surface area (Å²) >= 11 is 0.